The Morgan fingerprint density at radius 1 is 0.952 bits per heavy atom. The fourth-order valence-electron chi connectivity index (χ4n) is 2.76. The summed E-state index contributed by atoms with van der Waals surface area (Å²) < 4.78 is 0. The molecule has 3 heteroatoms. The van der Waals surface area contributed by atoms with Gasteiger partial charge in [-0.1, -0.05) is 60.7 Å². The highest BCUT2D eigenvalue weighted by Crippen LogP contribution is 2.12. The Morgan fingerprint density at radius 3 is 2.24 bits per heavy atom. The first-order chi connectivity index (χ1) is 10.3. The van der Waals surface area contributed by atoms with Gasteiger partial charge in [0.25, 0.3) is 0 Å². The zero-order valence-corrected chi connectivity index (χ0v) is 12.0. The first kappa shape index (κ1) is 13.8. The minimum Gasteiger partial charge on any atom is -0.336 e. The molecule has 0 bridgehead atoms. The number of benzene rings is 2. The van der Waals surface area contributed by atoms with Crippen molar-refractivity contribution in [2.24, 2.45) is 0 Å². The van der Waals surface area contributed by atoms with Gasteiger partial charge in [0.1, 0.15) is 0 Å². The molecule has 0 aromatic heterocycles. The molecule has 1 heterocycles. The van der Waals surface area contributed by atoms with E-state index in [0.29, 0.717) is 6.54 Å². The third-order valence-electron chi connectivity index (χ3n) is 3.88. The fourth-order valence-corrected chi connectivity index (χ4v) is 2.76. The van der Waals surface area contributed by atoms with Gasteiger partial charge in [0.05, 0.1) is 6.04 Å². The highest BCUT2D eigenvalue weighted by Gasteiger charge is 2.28. The molecule has 1 saturated heterocycles. The Kier molecular flexibility index (Phi) is 4.31. The van der Waals surface area contributed by atoms with Crippen LogP contribution >= 0.6 is 0 Å². The van der Waals surface area contributed by atoms with E-state index in [0.717, 1.165) is 19.5 Å². The number of hydrogen-bond acceptors (Lipinski definition) is 2. The SMILES string of the molecule is O=C1[C@@H](Cc2ccccc2)NCCN1Cc1ccccc1. The van der Waals surface area contributed by atoms with Crippen LogP contribution in [0.3, 0.4) is 0 Å². The normalized spacial score (nSPS) is 18.8. The number of nitrogens with one attached hydrogen (secondary N) is 1. The molecule has 108 valence electrons. The molecule has 2 aromatic rings. The topological polar surface area (TPSA) is 32.3 Å². The monoisotopic (exact) mass is 280 g/mol. The van der Waals surface area contributed by atoms with E-state index in [1.807, 2.05) is 41.3 Å². The molecule has 0 spiro atoms. The first-order valence-electron chi connectivity index (χ1n) is 7.43. The summed E-state index contributed by atoms with van der Waals surface area (Å²) in [5, 5.41) is 3.34. The van der Waals surface area contributed by atoms with Crippen LogP contribution in [0.5, 0.6) is 0 Å². The summed E-state index contributed by atoms with van der Waals surface area (Å²) in [5.74, 6) is 0.203. The van der Waals surface area contributed by atoms with Crippen molar-refractivity contribution in [3.05, 3.63) is 71.8 Å². The van der Waals surface area contributed by atoms with E-state index in [4.69, 9.17) is 0 Å². The Bertz CT molecular complexity index is 531. The third kappa shape index (κ3) is 3.50. The predicted octanol–water partition coefficient (Wildman–Crippen LogP) is 2.23. The van der Waals surface area contributed by atoms with Crippen LogP contribution in [0.4, 0.5) is 0 Å². The molecule has 0 radical (unpaired) electrons. The first-order valence-corrected chi connectivity index (χ1v) is 7.43. The van der Waals surface area contributed by atoms with Crippen molar-refractivity contribution in [3.63, 3.8) is 0 Å². The largest absolute Gasteiger partial charge is 0.336 e. The zero-order chi connectivity index (χ0) is 14.5. The van der Waals surface area contributed by atoms with Crippen LogP contribution < -0.4 is 5.32 Å². The van der Waals surface area contributed by atoms with Crippen molar-refractivity contribution in [1.29, 1.82) is 0 Å². The van der Waals surface area contributed by atoms with Crippen molar-refractivity contribution >= 4 is 5.91 Å². The summed E-state index contributed by atoms with van der Waals surface area (Å²) in [7, 11) is 0. The average molecular weight is 280 g/mol. The summed E-state index contributed by atoms with van der Waals surface area (Å²) in [6.45, 7) is 2.34. The number of carbonyl (C=O) groups excluding carboxylic acids is 1. The summed E-state index contributed by atoms with van der Waals surface area (Å²) in [4.78, 5) is 14.6. The lowest BCUT2D eigenvalue weighted by molar-refractivity contribution is -0.136. The van der Waals surface area contributed by atoms with Crippen LogP contribution in [-0.4, -0.2) is 29.9 Å². The second kappa shape index (κ2) is 6.55. The Labute approximate surface area is 125 Å². The lowest BCUT2D eigenvalue weighted by atomic mass is 10.0. The van der Waals surface area contributed by atoms with E-state index in [-0.39, 0.29) is 11.9 Å². The maximum absolute atomic E-state index is 12.6. The van der Waals surface area contributed by atoms with E-state index in [1.54, 1.807) is 0 Å². The van der Waals surface area contributed by atoms with Crippen LogP contribution in [-0.2, 0) is 17.8 Å². The molecule has 2 aromatic carbocycles. The molecule has 0 aliphatic carbocycles. The molecule has 1 fully saturated rings. The minimum atomic E-state index is -0.107. The zero-order valence-electron chi connectivity index (χ0n) is 12.0. The number of hydrogen-bond donors (Lipinski definition) is 1. The van der Waals surface area contributed by atoms with Gasteiger partial charge in [0, 0.05) is 19.6 Å². The van der Waals surface area contributed by atoms with E-state index in [1.165, 1.54) is 11.1 Å². The average Bonchev–Trinajstić information content (AvgIpc) is 2.53. The number of piperazine rings is 1. The second-order valence-corrected chi connectivity index (χ2v) is 5.44. The van der Waals surface area contributed by atoms with E-state index < -0.39 is 0 Å². The van der Waals surface area contributed by atoms with Crippen molar-refractivity contribution < 1.29 is 4.79 Å². The number of amides is 1. The van der Waals surface area contributed by atoms with Crippen LogP contribution in [0.25, 0.3) is 0 Å². The summed E-state index contributed by atoms with van der Waals surface area (Å²) in [6, 6.07) is 20.3. The Morgan fingerprint density at radius 2 is 1.57 bits per heavy atom. The van der Waals surface area contributed by atoms with Crippen molar-refractivity contribution in [1.82, 2.24) is 10.2 Å². The van der Waals surface area contributed by atoms with Gasteiger partial charge in [-0.2, -0.15) is 0 Å². The minimum absolute atomic E-state index is 0.107. The van der Waals surface area contributed by atoms with Gasteiger partial charge in [-0.15, -0.1) is 0 Å². The molecule has 3 nitrogen and oxygen atoms in total. The second-order valence-electron chi connectivity index (χ2n) is 5.44. The summed E-state index contributed by atoms with van der Waals surface area (Å²) in [6.07, 6.45) is 0.755. The molecule has 1 amide bonds. The number of rotatable bonds is 4. The predicted molar refractivity (Wildman–Crippen MR) is 83.8 cm³/mol. The van der Waals surface area contributed by atoms with Crippen LogP contribution in [0.2, 0.25) is 0 Å². The molecule has 1 N–H and O–H groups in total. The smallest absolute Gasteiger partial charge is 0.240 e. The van der Waals surface area contributed by atoms with Gasteiger partial charge < -0.3 is 10.2 Å². The maximum Gasteiger partial charge on any atom is 0.240 e. The molecular formula is C18H20N2O. The van der Waals surface area contributed by atoms with Gasteiger partial charge in [0.2, 0.25) is 5.91 Å². The molecule has 0 saturated carbocycles. The number of carbonyl (C=O) groups is 1. The molecule has 1 aliphatic rings. The molecular weight excluding hydrogens is 260 g/mol. The molecule has 0 unspecified atom stereocenters. The lowest BCUT2D eigenvalue weighted by Crippen LogP contribution is -2.55. The molecule has 3 rings (SSSR count). The van der Waals surface area contributed by atoms with Crippen LogP contribution in [0, 0.1) is 0 Å². The van der Waals surface area contributed by atoms with Gasteiger partial charge in [-0.05, 0) is 17.5 Å². The fraction of sp³-hybridized carbons (Fsp3) is 0.278. The number of nitrogens with zero attached hydrogens (tertiary/aromatic N) is 1. The summed E-state index contributed by atoms with van der Waals surface area (Å²) >= 11 is 0. The van der Waals surface area contributed by atoms with Crippen molar-refractivity contribution in [3.8, 4) is 0 Å². The maximum atomic E-state index is 12.6. The quantitative estimate of drug-likeness (QED) is 0.931. The summed E-state index contributed by atoms with van der Waals surface area (Å²) in [5.41, 5.74) is 2.39. The highest BCUT2D eigenvalue weighted by molar-refractivity contribution is 5.83. The van der Waals surface area contributed by atoms with Gasteiger partial charge in [-0.25, -0.2) is 0 Å². The molecule has 1 atom stereocenters. The van der Waals surface area contributed by atoms with Crippen molar-refractivity contribution in [2.75, 3.05) is 13.1 Å². The lowest BCUT2D eigenvalue weighted by Gasteiger charge is -2.33. The standard InChI is InChI=1S/C18H20N2O/c21-18-17(13-15-7-3-1-4-8-15)19-11-12-20(18)14-16-9-5-2-6-10-16/h1-10,17,19H,11-14H2/t17-/m1/s1. The Hall–Kier alpha value is -2.13. The van der Waals surface area contributed by atoms with Gasteiger partial charge >= 0.3 is 0 Å². The molecule has 1 aliphatic heterocycles. The Balaban J connectivity index is 1.66. The van der Waals surface area contributed by atoms with Crippen molar-refractivity contribution in [2.45, 2.75) is 19.0 Å². The third-order valence-corrected chi connectivity index (χ3v) is 3.88. The van der Waals surface area contributed by atoms with Gasteiger partial charge in [0.15, 0.2) is 0 Å². The van der Waals surface area contributed by atoms with Crippen LogP contribution in [0.15, 0.2) is 60.7 Å². The van der Waals surface area contributed by atoms with Crippen LogP contribution in [0.1, 0.15) is 11.1 Å². The van der Waals surface area contributed by atoms with E-state index in [9.17, 15) is 4.79 Å². The van der Waals surface area contributed by atoms with E-state index >= 15 is 0 Å². The molecule has 21 heavy (non-hydrogen) atoms. The van der Waals surface area contributed by atoms with Gasteiger partial charge in [-0.3, -0.25) is 4.79 Å². The van der Waals surface area contributed by atoms with E-state index in [2.05, 4.69) is 29.6 Å². The highest BCUT2D eigenvalue weighted by atomic mass is 16.2.